The zero-order valence-electron chi connectivity index (χ0n) is 33.5. The normalized spacial score (nSPS) is 11.5. The first kappa shape index (κ1) is 35.9. The van der Waals surface area contributed by atoms with Crippen LogP contribution in [0.25, 0.3) is 75.4 Å². The molecule has 0 saturated heterocycles. The van der Waals surface area contributed by atoms with Crippen LogP contribution in [0.3, 0.4) is 0 Å². The van der Waals surface area contributed by atoms with Gasteiger partial charge < -0.3 is 14.2 Å². The molecule has 0 spiro atoms. The Morgan fingerprint density at radius 2 is 0.806 bits per heavy atom. The fourth-order valence-electron chi connectivity index (χ4n) is 8.91. The van der Waals surface area contributed by atoms with Crippen molar-refractivity contribution in [1.82, 2.24) is 4.98 Å². The molecule has 0 bridgehead atoms. The van der Waals surface area contributed by atoms with Crippen LogP contribution in [0, 0.1) is 0 Å². The van der Waals surface area contributed by atoms with E-state index in [9.17, 15) is 0 Å². The summed E-state index contributed by atoms with van der Waals surface area (Å²) in [6.07, 6.45) is 0. The second kappa shape index (κ2) is 14.9. The Hall–Kier alpha value is -7.99. The van der Waals surface area contributed by atoms with Gasteiger partial charge in [0.25, 0.3) is 0 Å². The summed E-state index contributed by atoms with van der Waals surface area (Å²) in [4.78, 5) is 9.99. The van der Waals surface area contributed by atoms with Crippen molar-refractivity contribution < 1.29 is 4.42 Å². The van der Waals surface area contributed by atoms with Crippen LogP contribution in [0.2, 0.25) is 0 Å². The number of para-hydroxylation sites is 4. The Kier molecular flexibility index (Phi) is 8.65. The number of thiazole rings is 1. The van der Waals surface area contributed by atoms with Gasteiger partial charge in [-0.2, -0.15) is 0 Å². The highest BCUT2D eigenvalue weighted by Crippen LogP contribution is 2.44. The van der Waals surface area contributed by atoms with E-state index in [0.717, 1.165) is 77.5 Å². The molecule has 0 aliphatic rings. The number of anilines is 6. The summed E-state index contributed by atoms with van der Waals surface area (Å²) >= 11 is 1.77. The molecule has 0 fully saturated rings. The van der Waals surface area contributed by atoms with Crippen LogP contribution in [0.15, 0.2) is 229 Å². The van der Waals surface area contributed by atoms with E-state index in [2.05, 4.69) is 222 Å². The lowest BCUT2D eigenvalue weighted by atomic mass is 9.96. The maximum absolute atomic E-state index is 6.18. The van der Waals surface area contributed by atoms with Crippen molar-refractivity contribution >= 4 is 99.2 Å². The highest BCUT2D eigenvalue weighted by Gasteiger charge is 2.19. The Morgan fingerprint density at radius 3 is 1.45 bits per heavy atom. The highest BCUT2D eigenvalue weighted by molar-refractivity contribution is 7.22. The van der Waals surface area contributed by atoms with Crippen molar-refractivity contribution in [3.05, 3.63) is 224 Å². The van der Waals surface area contributed by atoms with Crippen molar-refractivity contribution in [3.8, 4) is 21.7 Å². The fourth-order valence-corrected chi connectivity index (χ4v) is 10.0. The lowest BCUT2D eigenvalue weighted by Gasteiger charge is -2.25. The van der Waals surface area contributed by atoms with Gasteiger partial charge in [0.15, 0.2) is 0 Å². The first-order valence-electron chi connectivity index (χ1n) is 20.9. The van der Waals surface area contributed by atoms with Gasteiger partial charge in [0.05, 0.1) is 10.2 Å². The van der Waals surface area contributed by atoms with E-state index in [4.69, 9.17) is 9.40 Å². The van der Waals surface area contributed by atoms with Crippen molar-refractivity contribution in [1.29, 1.82) is 0 Å². The quantitative estimate of drug-likeness (QED) is 0.143. The van der Waals surface area contributed by atoms with Crippen molar-refractivity contribution in [2.45, 2.75) is 0 Å². The molecule has 0 saturated carbocycles. The molecule has 62 heavy (non-hydrogen) atoms. The summed E-state index contributed by atoms with van der Waals surface area (Å²) in [5, 5.41) is 8.05. The maximum atomic E-state index is 6.18. The third-order valence-electron chi connectivity index (χ3n) is 11.9. The molecule has 10 aromatic carbocycles. The minimum absolute atomic E-state index is 0.884. The Morgan fingerprint density at radius 1 is 0.323 bits per heavy atom. The predicted molar refractivity (Wildman–Crippen MR) is 262 cm³/mol. The number of aromatic nitrogens is 1. The predicted octanol–water partition coefficient (Wildman–Crippen LogP) is 16.8. The molecule has 292 valence electrons. The maximum Gasteiger partial charge on any atom is 0.135 e. The molecule has 0 amide bonds. The van der Waals surface area contributed by atoms with Gasteiger partial charge in [-0.05, 0) is 125 Å². The summed E-state index contributed by atoms with van der Waals surface area (Å²) in [6.45, 7) is 0. The second-order valence-electron chi connectivity index (χ2n) is 15.6. The lowest BCUT2D eigenvalue weighted by Crippen LogP contribution is -2.09. The second-order valence-corrected chi connectivity index (χ2v) is 16.6. The van der Waals surface area contributed by atoms with Gasteiger partial charge in [-0.3, -0.25) is 0 Å². The first-order valence-corrected chi connectivity index (χ1v) is 21.7. The number of hydrogen-bond acceptors (Lipinski definition) is 5. The van der Waals surface area contributed by atoms with Gasteiger partial charge in [-0.15, -0.1) is 11.3 Å². The molecule has 12 aromatic rings. The van der Waals surface area contributed by atoms with E-state index >= 15 is 0 Å². The summed E-state index contributed by atoms with van der Waals surface area (Å²) in [6, 6.07) is 79.7. The molecule has 2 heterocycles. The van der Waals surface area contributed by atoms with Crippen LogP contribution >= 0.6 is 11.3 Å². The van der Waals surface area contributed by atoms with Gasteiger partial charge in [0.1, 0.15) is 16.2 Å². The summed E-state index contributed by atoms with van der Waals surface area (Å²) in [5.41, 5.74) is 12.8. The van der Waals surface area contributed by atoms with E-state index in [1.54, 1.807) is 11.3 Å². The summed E-state index contributed by atoms with van der Waals surface area (Å²) in [7, 11) is 0. The molecule has 0 aliphatic heterocycles. The number of furan rings is 1. The molecule has 0 atom stereocenters. The smallest absolute Gasteiger partial charge is 0.135 e. The van der Waals surface area contributed by atoms with E-state index in [1.165, 1.54) is 32.0 Å². The van der Waals surface area contributed by atoms with Crippen molar-refractivity contribution in [2.75, 3.05) is 9.80 Å². The Balaban J connectivity index is 0.911. The number of rotatable bonds is 8. The fraction of sp³-hybridized carbons (Fsp3) is 0. The highest BCUT2D eigenvalue weighted by atomic mass is 32.1. The van der Waals surface area contributed by atoms with Gasteiger partial charge >= 0.3 is 0 Å². The average molecular weight is 812 g/mol. The third-order valence-corrected chi connectivity index (χ3v) is 13.0. The van der Waals surface area contributed by atoms with Gasteiger partial charge in [0, 0.05) is 61.2 Å². The summed E-state index contributed by atoms with van der Waals surface area (Å²) < 4.78 is 7.38. The van der Waals surface area contributed by atoms with E-state index in [-0.39, 0.29) is 0 Å². The van der Waals surface area contributed by atoms with Crippen molar-refractivity contribution in [2.24, 2.45) is 0 Å². The molecular formula is C57H37N3OS. The molecule has 0 aliphatic carbocycles. The Bertz CT molecular complexity index is 3520. The van der Waals surface area contributed by atoms with Gasteiger partial charge in [-0.25, -0.2) is 4.98 Å². The van der Waals surface area contributed by atoms with Crippen LogP contribution in [0.1, 0.15) is 0 Å². The number of hydrogen-bond donors (Lipinski definition) is 0. The molecule has 0 N–H and O–H groups in total. The number of benzene rings is 10. The molecule has 12 rings (SSSR count). The molecule has 0 radical (unpaired) electrons. The molecule has 4 nitrogen and oxygen atoms in total. The molecular weight excluding hydrogens is 775 g/mol. The topological polar surface area (TPSA) is 32.5 Å². The van der Waals surface area contributed by atoms with Crippen LogP contribution in [-0.2, 0) is 0 Å². The zero-order chi connectivity index (χ0) is 41.0. The van der Waals surface area contributed by atoms with Crippen LogP contribution in [-0.4, -0.2) is 4.98 Å². The van der Waals surface area contributed by atoms with Gasteiger partial charge in [0.2, 0.25) is 0 Å². The van der Waals surface area contributed by atoms with Crippen LogP contribution < -0.4 is 9.80 Å². The van der Waals surface area contributed by atoms with Crippen LogP contribution in [0.5, 0.6) is 0 Å². The standard InChI is InChI=1S/C57H37N3OS/c1-4-14-41(15-5-1)59(42-16-6-2-7-17-42)44-29-24-38(25-30-44)40-28-34-49-51(36-40)47-20-10-11-22-50(47)56-55(49)58-57(62-56)39-26-31-45(32-27-39)60(43-18-8-3-9-19-43)46-33-35-54-52(37-46)48-21-12-13-23-53(48)61-54/h1-37H. The van der Waals surface area contributed by atoms with Crippen LogP contribution in [0.4, 0.5) is 34.1 Å². The SMILES string of the molecule is c1ccc(N(c2ccccc2)c2ccc(-c3ccc4c(c3)c3ccccc3c3sc(-c5ccc(N(c6ccccc6)c6ccc7oc8ccccc8c7c6)cc5)nc43)cc2)cc1. The lowest BCUT2D eigenvalue weighted by molar-refractivity contribution is 0.669. The minimum atomic E-state index is 0.884. The van der Waals surface area contributed by atoms with E-state index in [1.807, 2.05) is 12.1 Å². The molecule has 2 aromatic heterocycles. The molecule has 5 heteroatoms. The minimum Gasteiger partial charge on any atom is -0.456 e. The Labute approximate surface area is 362 Å². The monoisotopic (exact) mass is 811 g/mol. The number of fused-ring (bicyclic) bond motifs is 9. The average Bonchev–Trinajstić information content (AvgIpc) is 3.96. The van der Waals surface area contributed by atoms with Crippen molar-refractivity contribution in [3.63, 3.8) is 0 Å². The first-order chi connectivity index (χ1) is 30.7. The van der Waals surface area contributed by atoms with E-state index < -0.39 is 0 Å². The molecule has 0 unspecified atom stereocenters. The third kappa shape index (κ3) is 6.18. The number of nitrogens with zero attached hydrogens (tertiary/aromatic N) is 3. The van der Waals surface area contributed by atoms with E-state index in [0.29, 0.717) is 0 Å². The zero-order valence-corrected chi connectivity index (χ0v) is 34.3. The van der Waals surface area contributed by atoms with Gasteiger partial charge in [-0.1, -0.05) is 121 Å². The summed E-state index contributed by atoms with van der Waals surface area (Å²) in [5.74, 6) is 0. The largest absolute Gasteiger partial charge is 0.456 e.